The Bertz CT molecular complexity index is 135. The Morgan fingerprint density at radius 3 is 2.67 bits per heavy atom. The molecule has 12 heavy (non-hydrogen) atoms. The van der Waals surface area contributed by atoms with Crippen LogP contribution >= 0.6 is 0 Å². The van der Waals surface area contributed by atoms with E-state index in [1.165, 1.54) is 32.1 Å². The lowest BCUT2D eigenvalue weighted by Crippen LogP contribution is -2.03. The van der Waals surface area contributed by atoms with Crippen molar-refractivity contribution in [1.82, 2.24) is 0 Å². The number of hydrogen-bond acceptors (Lipinski definition) is 0. The average Bonchev–Trinajstić information content (AvgIpc) is 2.48. The minimum Gasteiger partial charge on any atom is -0.103 e. The van der Waals surface area contributed by atoms with Gasteiger partial charge in [-0.2, -0.15) is 0 Å². The van der Waals surface area contributed by atoms with Gasteiger partial charge < -0.3 is 0 Å². The topological polar surface area (TPSA) is 0 Å². The summed E-state index contributed by atoms with van der Waals surface area (Å²) in [5.41, 5.74) is 0. The highest BCUT2D eigenvalue weighted by molar-refractivity contribution is 4.79. The third kappa shape index (κ3) is 2.66. The molecular weight excluding hydrogens is 144 g/mol. The van der Waals surface area contributed by atoms with Gasteiger partial charge in [-0.3, -0.25) is 0 Å². The van der Waals surface area contributed by atoms with Crippen molar-refractivity contribution in [2.75, 3.05) is 0 Å². The van der Waals surface area contributed by atoms with Gasteiger partial charge in [-0.05, 0) is 43.4 Å². The Hall–Kier alpha value is -0.260. The van der Waals surface area contributed by atoms with Crippen molar-refractivity contribution < 1.29 is 0 Å². The van der Waals surface area contributed by atoms with Crippen LogP contribution in [-0.2, 0) is 0 Å². The maximum atomic E-state index is 3.78. The first-order chi connectivity index (χ1) is 5.74. The van der Waals surface area contributed by atoms with Crippen LogP contribution in [0.25, 0.3) is 0 Å². The van der Waals surface area contributed by atoms with Crippen molar-refractivity contribution in [1.29, 1.82) is 0 Å². The van der Waals surface area contributed by atoms with Gasteiger partial charge in [0.2, 0.25) is 0 Å². The monoisotopic (exact) mass is 166 g/mol. The fourth-order valence-corrected chi connectivity index (χ4v) is 2.33. The fourth-order valence-electron chi connectivity index (χ4n) is 2.33. The summed E-state index contributed by atoms with van der Waals surface area (Å²) in [7, 11) is 0. The molecule has 1 rings (SSSR count). The Morgan fingerprint density at radius 1 is 1.42 bits per heavy atom. The van der Waals surface area contributed by atoms with E-state index < -0.39 is 0 Å². The first-order valence-electron chi connectivity index (χ1n) is 5.35. The molecular formula is C12H22. The fraction of sp³-hybridized carbons (Fsp3) is 0.833. The molecule has 0 amide bonds. The van der Waals surface area contributed by atoms with Gasteiger partial charge in [-0.1, -0.05) is 26.3 Å². The Kier molecular flexibility index (Phi) is 3.84. The quantitative estimate of drug-likeness (QED) is 0.553. The van der Waals surface area contributed by atoms with E-state index in [4.69, 9.17) is 0 Å². The van der Waals surface area contributed by atoms with E-state index in [0.717, 1.165) is 17.8 Å². The van der Waals surface area contributed by atoms with E-state index in [9.17, 15) is 0 Å². The Morgan fingerprint density at radius 2 is 2.17 bits per heavy atom. The van der Waals surface area contributed by atoms with Crippen LogP contribution in [0.15, 0.2) is 12.7 Å². The molecule has 70 valence electrons. The minimum absolute atomic E-state index is 0.902. The van der Waals surface area contributed by atoms with E-state index in [-0.39, 0.29) is 0 Å². The second-order valence-electron chi connectivity index (χ2n) is 4.55. The lowest BCUT2D eigenvalue weighted by molar-refractivity contribution is 0.373. The zero-order valence-corrected chi connectivity index (χ0v) is 8.55. The molecule has 1 saturated carbocycles. The van der Waals surface area contributed by atoms with Crippen LogP contribution in [0, 0.1) is 17.8 Å². The molecule has 0 aliphatic heterocycles. The largest absolute Gasteiger partial charge is 0.103 e. The third-order valence-electron chi connectivity index (χ3n) is 3.30. The van der Waals surface area contributed by atoms with Crippen LogP contribution in [0.2, 0.25) is 0 Å². The molecule has 0 heteroatoms. The standard InChI is InChI=1S/C12H22/c1-4-5-6-11-7-8-12(9-11)10(2)3/h4,10-12H,1,5-9H2,2-3H3. The van der Waals surface area contributed by atoms with E-state index in [1.54, 1.807) is 0 Å². The molecule has 1 aliphatic rings. The van der Waals surface area contributed by atoms with E-state index in [0.29, 0.717) is 0 Å². The predicted molar refractivity (Wildman–Crippen MR) is 55.1 cm³/mol. The lowest BCUT2D eigenvalue weighted by atomic mass is 9.92. The molecule has 0 aromatic carbocycles. The van der Waals surface area contributed by atoms with Gasteiger partial charge in [0.05, 0.1) is 0 Å². The lowest BCUT2D eigenvalue weighted by Gasteiger charge is -2.13. The highest BCUT2D eigenvalue weighted by Gasteiger charge is 2.25. The molecule has 0 N–H and O–H groups in total. The molecule has 1 aliphatic carbocycles. The summed E-state index contributed by atoms with van der Waals surface area (Å²) in [4.78, 5) is 0. The first kappa shape index (κ1) is 9.83. The van der Waals surface area contributed by atoms with Gasteiger partial charge in [0.15, 0.2) is 0 Å². The number of allylic oxidation sites excluding steroid dienone is 1. The molecule has 0 heterocycles. The summed E-state index contributed by atoms with van der Waals surface area (Å²) < 4.78 is 0. The van der Waals surface area contributed by atoms with E-state index >= 15 is 0 Å². The van der Waals surface area contributed by atoms with Crippen LogP contribution in [-0.4, -0.2) is 0 Å². The van der Waals surface area contributed by atoms with Crippen LogP contribution in [0.3, 0.4) is 0 Å². The summed E-state index contributed by atoms with van der Waals surface area (Å²) >= 11 is 0. The molecule has 0 bridgehead atoms. The van der Waals surface area contributed by atoms with Crippen LogP contribution in [0.1, 0.15) is 46.0 Å². The average molecular weight is 166 g/mol. The van der Waals surface area contributed by atoms with Crippen LogP contribution in [0.5, 0.6) is 0 Å². The molecule has 0 spiro atoms. The highest BCUT2D eigenvalue weighted by atomic mass is 14.3. The molecule has 0 aromatic rings. The SMILES string of the molecule is C=CCCC1CCC(C(C)C)C1. The highest BCUT2D eigenvalue weighted by Crippen LogP contribution is 2.37. The molecule has 2 unspecified atom stereocenters. The smallest absolute Gasteiger partial charge is 0.0351 e. The van der Waals surface area contributed by atoms with E-state index in [2.05, 4.69) is 26.5 Å². The van der Waals surface area contributed by atoms with Crippen molar-refractivity contribution in [2.45, 2.75) is 46.0 Å². The van der Waals surface area contributed by atoms with Crippen LogP contribution < -0.4 is 0 Å². The van der Waals surface area contributed by atoms with Gasteiger partial charge in [-0.25, -0.2) is 0 Å². The van der Waals surface area contributed by atoms with Crippen molar-refractivity contribution in [3.8, 4) is 0 Å². The Balaban J connectivity index is 2.21. The second kappa shape index (κ2) is 4.69. The molecule has 2 atom stereocenters. The van der Waals surface area contributed by atoms with Gasteiger partial charge in [0.25, 0.3) is 0 Å². The summed E-state index contributed by atoms with van der Waals surface area (Å²) in [5.74, 6) is 2.92. The second-order valence-corrected chi connectivity index (χ2v) is 4.55. The Labute approximate surface area is 77.1 Å². The van der Waals surface area contributed by atoms with Crippen LogP contribution in [0.4, 0.5) is 0 Å². The van der Waals surface area contributed by atoms with Crippen molar-refractivity contribution in [3.05, 3.63) is 12.7 Å². The predicted octanol–water partition coefficient (Wildman–Crippen LogP) is 4.02. The third-order valence-corrected chi connectivity index (χ3v) is 3.30. The summed E-state index contributed by atoms with van der Waals surface area (Å²) in [6.45, 7) is 8.50. The van der Waals surface area contributed by atoms with Crippen molar-refractivity contribution in [3.63, 3.8) is 0 Å². The first-order valence-corrected chi connectivity index (χ1v) is 5.35. The zero-order chi connectivity index (χ0) is 8.97. The van der Waals surface area contributed by atoms with Crippen molar-refractivity contribution in [2.24, 2.45) is 17.8 Å². The normalized spacial score (nSPS) is 29.6. The minimum atomic E-state index is 0.902. The number of rotatable bonds is 4. The van der Waals surface area contributed by atoms with Gasteiger partial charge in [0.1, 0.15) is 0 Å². The van der Waals surface area contributed by atoms with Gasteiger partial charge in [0, 0.05) is 0 Å². The molecule has 0 aromatic heterocycles. The molecule has 1 fully saturated rings. The van der Waals surface area contributed by atoms with Gasteiger partial charge >= 0.3 is 0 Å². The van der Waals surface area contributed by atoms with Gasteiger partial charge in [-0.15, -0.1) is 6.58 Å². The number of hydrogen-bond donors (Lipinski definition) is 0. The molecule has 0 saturated heterocycles. The summed E-state index contributed by atoms with van der Waals surface area (Å²) in [5, 5.41) is 0. The maximum absolute atomic E-state index is 3.78. The maximum Gasteiger partial charge on any atom is -0.0351 e. The molecule has 0 nitrogen and oxygen atoms in total. The molecule has 0 radical (unpaired) electrons. The summed E-state index contributed by atoms with van der Waals surface area (Å²) in [6.07, 6.45) is 9.08. The van der Waals surface area contributed by atoms with E-state index in [1.807, 2.05) is 0 Å². The van der Waals surface area contributed by atoms with Crippen molar-refractivity contribution >= 4 is 0 Å². The zero-order valence-electron chi connectivity index (χ0n) is 8.55. The summed E-state index contributed by atoms with van der Waals surface area (Å²) in [6, 6.07) is 0.